The van der Waals surface area contributed by atoms with Crippen LogP contribution in [0, 0.1) is 0 Å². The smallest absolute Gasteiger partial charge is 0.410 e. The van der Waals surface area contributed by atoms with Crippen LogP contribution >= 0.6 is 0 Å². The number of piperidine rings is 1. The van der Waals surface area contributed by atoms with Gasteiger partial charge >= 0.3 is 6.09 Å². The number of hydrogen-bond donors (Lipinski definition) is 0. The molecule has 140 valence electrons. The zero-order chi connectivity index (χ0) is 18.6. The van der Waals surface area contributed by atoms with E-state index >= 15 is 0 Å². The quantitative estimate of drug-likeness (QED) is 0.829. The molecule has 1 saturated heterocycles. The summed E-state index contributed by atoms with van der Waals surface area (Å²) in [5.41, 5.74) is 1.01. The van der Waals surface area contributed by atoms with E-state index in [0.29, 0.717) is 25.5 Å². The third-order valence-corrected chi connectivity index (χ3v) is 4.04. The molecular weight excluding hydrogens is 334 g/mol. The summed E-state index contributed by atoms with van der Waals surface area (Å²) in [6.07, 6.45) is 3.12. The number of aromatic nitrogens is 2. The minimum atomic E-state index is -0.470. The Morgan fingerprint density at radius 3 is 2.73 bits per heavy atom. The molecule has 1 aliphatic heterocycles. The first-order valence-corrected chi connectivity index (χ1v) is 8.87. The van der Waals surface area contributed by atoms with Crippen LogP contribution in [0.15, 0.2) is 35.0 Å². The molecular formula is C19H25N3O4. The number of likely N-dealkylation sites (tertiary alicyclic amines) is 1. The van der Waals surface area contributed by atoms with Crippen LogP contribution < -0.4 is 0 Å². The molecule has 1 amide bonds. The zero-order valence-electron chi connectivity index (χ0n) is 15.5. The lowest BCUT2D eigenvalue weighted by molar-refractivity contribution is -0.0182. The van der Waals surface area contributed by atoms with Crippen molar-refractivity contribution in [1.82, 2.24) is 15.0 Å². The van der Waals surface area contributed by atoms with Crippen molar-refractivity contribution in [3.8, 4) is 11.5 Å². The number of nitrogens with zero attached hydrogens (tertiary/aromatic N) is 3. The van der Waals surface area contributed by atoms with Crippen LogP contribution in [0.3, 0.4) is 0 Å². The molecule has 1 aliphatic rings. The minimum Gasteiger partial charge on any atom is -0.444 e. The summed E-state index contributed by atoms with van der Waals surface area (Å²) in [5, 5.41) is 4.04. The van der Waals surface area contributed by atoms with Gasteiger partial charge in [-0.1, -0.05) is 11.2 Å². The number of carbonyl (C=O) groups excluding carboxylic acids is 1. The fraction of sp³-hybridized carbons (Fsp3) is 0.526. The maximum absolute atomic E-state index is 12.1. The molecule has 0 aliphatic carbocycles. The van der Waals surface area contributed by atoms with Gasteiger partial charge in [-0.15, -0.1) is 0 Å². The van der Waals surface area contributed by atoms with Gasteiger partial charge in [0.25, 0.3) is 0 Å². The third kappa shape index (κ3) is 5.05. The topological polar surface area (TPSA) is 77.7 Å². The van der Waals surface area contributed by atoms with E-state index in [1.807, 2.05) is 45.0 Å². The van der Waals surface area contributed by atoms with Crippen molar-refractivity contribution in [2.75, 3.05) is 13.1 Å². The summed E-state index contributed by atoms with van der Waals surface area (Å²) in [4.78, 5) is 18.0. The predicted octanol–water partition coefficient (Wildman–Crippen LogP) is 3.65. The lowest BCUT2D eigenvalue weighted by atomic mass is 10.1. The van der Waals surface area contributed by atoms with Gasteiger partial charge in [0.1, 0.15) is 17.0 Å². The second-order valence-corrected chi connectivity index (χ2v) is 7.38. The van der Waals surface area contributed by atoms with Crippen molar-refractivity contribution in [2.24, 2.45) is 0 Å². The second-order valence-electron chi connectivity index (χ2n) is 7.38. The second kappa shape index (κ2) is 7.86. The summed E-state index contributed by atoms with van der Waals surface area (Å²) in [6, 6.07) is 7.47. The van der Waals surface area contributed by atoms with Crippen molar-refractivity contribution in [3.05, 3.63) is 36.2 Å². The van der Waals surface area contributed by atoms with Gasteiger partial charge in [-0.3, -0.25) is 4.98 Å². The number of carbonyl (C=O) groups is 1. The first kappa shape index (κ1) is 18.4. The molecule has 0 bridgehead atoms. The number of amides is 1. The molecule has 1 fully saturated rings. The predicted molar refractivity (Wildman–Crippen MR) is 95.4 cm³/mol. The molecule has 0 N–H and O–H groups in total. The van der Waals surface area contributed by atoms with Crippen LogP contribution in [0.1, 0.15) is 39.3 Å². The van der Waals surface area contributed by atoms with Crippen LogP contribution in [-0.4, -0.2) is 45.9 Å². The van der Waals surface area contributed by atoms with E-state index in [1.165, 1.54) is 0 Å². The molecule has 0 atom stereocenters. The first-order chi connectivity index (χ1) is 12.4. The molecule has 0 radical (unpaired) electrons. The van der Waals surface area contributed by atoms with E-state index in [-0.39, 0.29) is 12.2 Å². The molecule has 0 unspecified atom stereocenters. The number of ether oxygens (including phenoxy) is 2. The maximum atomic E-state index is 12.1. The molecule has 7 heteroatoms. The van der Waals surface area contributed by atoms with Crippen molar-refractivity contribution in [1.29, 1.82) is 0 Å². The van der Waals surface area contributed by atoms with E-state index < -0.39 is 5.60 Å². The van der Waals surface area contributed by atoms with Crippen molar-refractivity contribution >= 4 is 6.09 Å². The van der Waals surface area contributed by atoms with Crippen molar-refractivity contribution < 1.29 is 18.8 Å². The van der Waals surface area contributed by atoms with E-state index in [0.717, 1.165) is 24.2 Å². The summed E-state index contributed by atoms with van der Waals surface area (Å²) < 4.78 is 16.7. The minimum absolute atomic E-state index is 0.101. The summed E-state index contributed by atoms with van der Waals surface area (Å²) in [7, 11) is 0. The average molecular weight is 359 g/mol. The molecule has 7 nitrogen and oxygen atoms in total. The Labute approximate surface area is 153 Å². The van der Waals surface area contributed by atoms with Crippen LogP contribution in [0.4, 0.5) is 4.79 Å². The number of hydrogen-bond acceptors (Lipinski definition) is 6. The molecule has 3 rings (SSSR count). The number of pyridine rings is 1. The van der Waals surface area contributed by atoms with Gasteiger partial charge in [0.15, 0.2) is 5.76 Å². The summed E-state index contributed by atoms with van der Waals surface area (Å²) >= 11 is 0. The first-order valence-electron chi connectivity index (χ1n) is 8.87. The van der Waals surface area contributed by atoms with Gasteiger partial charge in [-0.05, 0) is 45.7 Å². The molecule has 2 aromatic rings. The highest BCUT2D eigenvalue weighted by Gasteiger charge is 2.27. The van der Waals surface area contributed by atoms with Gasteiger partial charge in [0, 0.05) is 25.4 Å². The largest absolute Gasteiger partial charge is 0.444 e. The molecule has 3 heterocycles. The fourth-order valence-electron chi connectivity index (χ4n) is 2.74. The lowest BCUT2D eigenvalue weighted by Gasteiger charge is -2.33. The monoisotopic (exact) mass is 359 g/mol. The van der Waals surface area contributed by atoms with Gasteiger partial charge in [0.05, 0.1) is 12.7 Å². The maximum Gasteiger partial charge on any atom is 0.410 e. The normalized spacial score (nSPS) is 15.9. The zero-order valence-corrected chi connectivity index (χ0v) is 15.5. The Bertz CT molecular complexity index is 716. The van der Waals surface area contributed by atoms with E-state index in [1.54, 1.807) is 11.1 Å². The van der Waals surface area contributed by atoms with Crippen molar-refractivity contribution in [2.45, 2.75) is 51.9 Å². The Morgan fingerprint density at radius 2 is 2.08 bits per heavy atom. The highest BCUT2D eigenvalue weighted by atomic mass is 16.6. The van der Waals surface area contributed by atoms with E-state index in [4.69, 9.17) is 14.0 Å². The van der Waals surface area contributed by atoms with Crippen LogP contribution in [0.2, 0.25) is 0 Å². The van der Waals surface area contributed by atoms with Gasteiger partial charge in [-0.25, -0.2) is 4.79 Å². The van der Waals surface area contributed by atoms with Crippen molar-refractivity contribution in [3.63, 3.8) is 0 Å². The van der Waals surface area contributed by atoms with Crippen LogP contribution in [0.5, 0.6) is 0 Å². The van der Waals surface area contributed by atoms with Gasteiger partial charge < -0.3 is 18.9 Å². The number of rotatable bonds is 4. The highest BCUT2D eigenvalue weighted by molar-refractivity contribution is 5.68. The molecule has 2 aromatic heterocycles. The Kier molecular flexibility index (Phi) is 5.56. The summed E-state index contributed by atoms with van der Waals surface area (Å²) in [5.74, 6) is 0.629. The lowest BCUT2D eigenvalue weighted by Crippen LogP contribution is -2.43. The summed E-state index contributed by atoms with van der Waals surface area (Å²) in [6.45, 7) is 7.27. The van der Waals surface area contributed by atoms with Crippen LogP contribution in [-0.2, 0) is 16.1 Å². The van der Waals surface area contributed by atoms with Crippen LogP contribution in [0.25, 0.3) is 11.5 Å². The highest BCUT2D eigenvalue weighted by Crippen LogP contribution is 2.21. The molecule has 0 saturated carbocycles. The fourth-order valence-corrected chi connectivity index (χ4v) is 2.74. The van der Waals surface area contributed by atoms with E-state index in [2.05, 4.69) is 10.1 Å². The standard InChI is InChI=1S/C19H25N3O4/c1-19(2,3)25-18(23)22-10-7-15(8-11-22)24-13-14-12-17(26-21-14)16-6-4-5-9-20-16/h4-6,9,12,15H,7-8,10-11,13H2,1-3H3. The molecule has 0 spiro atoms. The van der Waals surface area contributed by atoms with E-state index in [9.17, 15) is 4.79 Å². The Balaban J connectivity index is 1.44. The molecule has 0 aromatic carbocycles. The third-order valence-electron chi connectivity index (χ3n) is 4.04. The molecule has 26 heavy (non-hydrogen) atoms. The van der Waals surface area contributed by atoms with Gasteiger partial charge in [0.2, 0.25) is 0 Å². The van der Waals surface area contributed by atoms with Gasteiger partial charge in [-0.2, -0.15) is 0 Å². The average Bonchev–Trinajstić information content (AvgIpc) is 3.09. The Hall–Kier alpha value is -2.41. The SMILES string of the molecule is CC(C)(C)OC(=O)N1CCC(OCc2cc(-c3ccccn3)on2)CC1. The Morgan fingerprint density at radius 1 is 1.31 bits per heavy atom.